The molecule has 32 heavy (non-hydrogen) atoms. The molecule has 176 valence electrons. The highest BCUT2D eigenvalue weighted by Gasteiger charge is 2.17. The summed E-state index contributed by atoms with van der Waals surface area (Å²) in [5.74, 6) is 1.59. The number of benzene rings is 2. The van der Waals surface area contributed by atoms with E-state index in [-0.39, 0.29) is 19.3 Å². The molecule has 2 aromatic carbocycles. The van der Waals surface area contributed by atoms with Crippen LogP contribution in [-0.2, 0) is 24.2 Å². The second-order valence-electron chi connectivity index (χ2n) is 7.84. The van der Waals surface area contributed by atoms with Crippen LogP contribution in [-0.4, -0.2) is 33.0 Å². The molecular weight excluding hydrogens is 409 g/mol. The minimum Gasteiger partial charge on any atom is -0.496 e. The Labute approximate surface area is 191 Å². The molecule has 0 spiro atoms. The summed E-state index contributed by atoms with van der Waals surface area (Å²) in [5.41, 5.74) is 3.00. The molecule has 2 aromatic rings. The number of unbranched alkanes of at least 4 members (excludes halogenated alkanes) is 3. The van der Waals surface area contributed by atoms with Gasteiger partial charge in [-0.3, -0.25) is 4.39 Å². The van der Waals surface area contributed by atoms with Crippen LogP contribution in [0.5, 0.6) is 11.5 Å². The van der Waals surface area contributed by atoms with E-state index in [1.165, 1.54) is 0 Å². The van der Waals surface area contributed by atoms with Crippen molar-refractivity contribution in [3.05, 3.63) is 59.2 Å². The van der Waals surface area contributed by atoms with Gasteiger partial charge in [0.2, 0.25) is 0 Å². The molecule has 1 N–H and O–H groups in total. The van der Waals surface area contributed by atoms with Gasteiger partial charge < -0.3 is 19.5 Å². The highest BCUT2D eigenvalue weighted by atomic mass is 19.1. The molecule has 0 aromatic heterocycles. The number of alkyl carbamates (subject to hydrolysis) is 1. The van der Waals surface area contributed by atoms with Gasteiger partial charge in [0.25, 0.3) is 0 Å². The van der Waals surface area contributed by atoms with Crippen molar-refractivity contribution in [3.63, 3.8) is 0 Å². The molecule has 1 unspecified atom stereocenters. The number of halogens is 1. The summed E-state index contributed by atoms with van der Waals surface area (Å²) < 4.78 is 28.9. The number of aryl methyl sites for hydroxylation is 1. The Hall–Kier alpha value is -2.76. The van der Waals surface area contributed by atoms with Crippen molar-refractivity contribution < 1.29 is 23.4 Å². The SMILES string of the molecule is CCC(Cc1cc(OC)c(CCCCCCF)cc1OC)NC(=O)OCc1ccccc1. The Kier molecular flexibility index (Phi) is 11.4. The Morgan fingerprint density at radius 2 is 1.62 bits per heavy atom. The summed E-state index contributed by atoms with van der Waals surface area (Å²) in [4.78, 5) is 12.3. The van der Waals surface area contributed by atoms with E-state index in [1.54, 1.807) is 14.2 Å². The standard InChI is InChI=1S/C26H36FNO4/c1-4-23(28-26(29)32-19-20-12-8-7-9-13-20)16-22-18-24(30-2)21(17-25(22)31-3)14-10-5-6-11-15-27/h7-9,12-13,17-18,23H,4-6,10-11,14-16,19H2,1-3H3,(H,28,29). The van der Waals surface area contributed by atoms with E-state index < -0.39 is 6.09 Å². The summed E-state index contributed by atoms with van der Waals surface area (Å²) >= 11 is 0. The van der Waals surface area contributed by atoms with Gasteiger partial charge in [0.15, 0.2) is 0 Å². The van der Waals surface area contributed by atoms with Crippen LogP contribution in [0.2, 0.25) is 0 Å². The zero-order valence-corrected chi connectivity index (χ0v) is 19.5. The summed E-state index contributed by atoms with van der Waals surface area (Å²) in [6.45, 7) is 2.01. The summed E-state index contributed by atoms with van der Waals surface area (Å²) in [7, 11) is 3.31. The second kappa shape index (κ2) is 14.3. The van der Waals surface area contributed by atoms with E-state index in [0.29, 0.717) is 12.8 Å². The minimum atomic E-state index is -0.434. The van der Waals surface area contributed by atoms with Gasteiger partial charge in [-0.05, 0) is 60.9 Å². The fraction of sp³-hybridized carbons (Fsp3) is 0.500. The smallest absolute Gasteiger partial charge is 0.407 e. The van der Waals surface area contributed by atoms with Gasteiger partial charge >= 0.3 is 6.09 Å². The van der Waals surface area contributed by atoms with Crippen LogP contribution in [0.25, 0.3) is 0 Å². The third kappa shape index (κ3) is 8.40. The molecule has 0 heterocycles. The van der Waals surface area contributed by atoms with Crippen LogP contribution >= 0.6 is 0 Å². The average molecular weight is 446 g/mol. The number of nitrogens with one attached hydrogen (secondary N) is 1. The molecule has 0 radical (unpaired) electrons. The molecule has 0 aliphatic carbocycles. The van der Waals surface area contributed by atoms with Crippen LogP contribution < -0.4 is 14.8 Å². The topological polar surface area (TPSA) is 56.8 Å². The zero-order chi connectivity index (χ0) is 23.2. The fourth-order valence-corrected chi connectivity index (χ4v) is 3.64. The van der Waals surface area contributed by atoms with Crippen molar-refractivity contribution >= 4 is 6.09 Å². The number of methoxy groups -OCH3 is 2. The van der Waals surface area contributed by atoms with Crippen LogP contribution in [0.3, 0.4) is 0 Å². The van der Waals surface area contributed by atoms with Gasteiger partial charge in [0.1, 0.15) is 18.1 Å². The van der Waals surface area contributed by atoms with E-state index in [4.69, 9.17) is 14.2 Å². The van der Waals surface area contributed by atoms with Crippen LogP contribution in [0.1, 0.15) is 55.7 Å². The van der Waals surface area contributed by atoms with Crippen molar-refractivity contribution in [3.8, 4) is 11.5 Å². The molecule has 0 saturated carbocycles. The first-order valence-electron chi connectivity index (χ1n) is 11.4. The fourth-order valence-electron chi connectivity index (χ4n) is 3.64. The first kappa shape index (κ1) is 25.5. The molecule has 1 amide bonds. The third-order valence-electron chi connectivity index (χ3n) is 5.51. The molecule has 0 saturated heterocycles. The number of ether oxygens (including phenoxy) is 3. The Morgan fingerprint density at radius 1 is 0.969 bits per heavy atom. The minimum absolute atomic E-state index is 0.0940. The van der Waals surface area contributed by atoms with E-state index in [1.807, 2.05) is 49.4 Å². The van der Waals surface area contributed by atoms with Crippen LogP contribution in [0.4, 0.5) is 9.18 Å². The van der Waals surface area contributed by atoms with Gasteiger partial charge in [-0.15, -0.1) is 0 Å². The number of carbonyl (C=O) groups is 1. The second-order valence-corrected chi connectivity index (χ2v) is 7.84. The number of alkyl halides is 1. The lowest BCUT2D eigenvalue weighted by atomic mass is 9.98. The van der Waals surface area contributed by atoms with Gasteiger partial charge in [-0.1, -0.05) is 50.1 Å². The molecular formula is C26H36FNO4. The average Bonchev–Trinajstić information content (AvgIpc) is 2.83. The van der Waals surface area contributed by atoms with Gasteiger partial charge in [-0.2, -0.15) is 0 Å². The van der Waals surface area contributed by atoms with Gasteiger partial charge in [-0.25, -0.2) is 4.79 Å². The van der Waals surface area contributed by atoms with E-state index >= 15 is 0 Å². The van der Waals surface area contributed by atoms with Crippen molar-refractivity contribution in [2.75, 3.05) is 20.9 Å². The third-order valence-corrected chi connectivity index (χ3v) is 5.51. The quantitative estimate of drug-likeness (QED) is 0.361. The van der Waals surface area contributed by atoms with Crippen molar-refractivity contribution in [1.82, 2.24) is 5.32 Å². The van der Waals surface area contributed by atoms with Crippen molar-refractivity contribution in [1.29, 1.82) is 0 Å². The molecule has 0 aliphatic rings. The van der Waals surface area contributed by atoms with Gasteiger partial charge in [0.05, 0.1) is 20.9 Å². The highest BCUT2D eigenvalue weighted by Crippen LogP contribution is 2.31. The molecule has 0 bridgehead atoms. The number of hydrogen-bond acceptors (Lipinski definition) is 4. The maximum absolute atomic E-state index is 12.3. The molecule has 0 aliphatic heterocycles. The molecule has 5 nitrogen and oxygen atoms in total. The normalized spacial score (nSPS) is 11.6. The Morgan fingerprint density at radius 3 is 2.28 bits per heavy atom. The maximum atomic E-state index is 12.3. The van der Waals surface area contributed by atoms with E-state index in [2.05, 4.69) is 5.32 Å². The molecule has 6 heteroatoms. The number of rotatable bonds is 14. The monoisotopic (exact) mass is 445 g/mol. The maximum Gasteiger partial charge on any atom is 0.407 e. The van der Waals surface area contributed by atoms with Crippen LogP contribution in [0.15, 0.2) is 42.5 Å². The Balaban J connectivity index is 1.99. The number of carbonyl (C=O) groups excluding carboxylic acids is 1. The summed E-state index contributed by atoms with van der Waals surface area (Å²) in [6, 6.07) is 13.5. The first-order valence-corrected chi connectivity index (χ1v) is 11.4. The zero-order valence-electron chi connectivity index (χ0n) is 19.5. The van der Waals surface area contributed by atoms with E-state index in [9.17, 15) is 9.18 Å². The van der Waals surface area contributed by atoms with E-state index in [0.717, 1.165) is 60.3 Å². The predicted molar refractivity (Wildman–Crippen MR) is 125 cm³/mol. The van der Waals surface area contributed by atoms with Crippen molar-refractivity contribution in [2.45, 2.75) is 64.5 Å². The van der Waals surface area contributed by atoms with Crippen LogP contribution in [0, 0.1) is 0 Å². The van der Waals surface area contributed by atoms with Gasteiger partial charge in [0, 0.05) is 6.04 Å². The lowest BCUT2D eigenvalue weighted by molar-refractivity contribution is 0.135. The molecule has 0 fully saturated rings. The summed E-state index contributed by atoms with van der Waals surface area (Å²) in [6.07, 6.45) is 5.27. The largest absolute Gasteiger partial charge is 0.496 e. The highest BCUT2D eigenvalue weighted by molar-refractivity contribution is 5.67. The lowest BCUT2D eigenvalue weighted by Crippen LogP contribution is -2.36. The summed E-state index contributed by atoms with van der Waals surface area (Å²) in [5, 5.41) is 2.95. The number of hydrogen-bond donors (Lipinski definition) is 1. The first-order chi connectivity index (χ1) is 15.6. The lowest BCUT2D eigenvalue weighted by Gasteiger charge is -2.20. The van der Waals surface area contributed by atoms with Crippen molar-refractivity contribution in [2.24, 2.45) is 0 Å². The predicted octanol–water partition coefficient (Wildman–Crippen LogP) is 6.02. The molecule has 1 atom stereocenters. The molecule has 2 rings (SSSR count). The Bertz CT molecular complexity index is 813. The number of amides is 1.